The number of carbonyl (C=O) groups is 1. The molecule has 2 N–H and O–H groups in total. The summed E-state index contributed by atoms with van der Waals surface area (Å²) in [7, 11) is 0. The second-order valence-electron chi connectivity index (χ2n) is 4.62. The monoisotopic (exact) mass is 279 g/mol. The van der Waals surface area contributed by atoms with Gasteiger partial charge in [-0.25, -0.2) is 0 Å². The third-order valence-electron chi connectivity index (χ3n) is 2.89. The van der Waals surface area contributed by atoms with Crippen LogP contribution in [0.4, 0.5) is 0 Å². The number of nitrogens with one attached hydrogen (secondary N) is 1. The van der Waals surface area contributed by atoms with Gasteiger partial charge in [0, 0.05) is 13.0 Å². The number of hydrogen-bond donors (Lipinski definition) is 2. The summed E-state index contributed by atoms with van der Waals surface area (Å²) in [5, 5.41) is 11.6. The van der Waals surface area contributed by atoms with Gasteiger partial charge in [0.15, 0.2) is 0 Å². The predicted octanol–water partition coefficient (Wildman–Crippen LogP) is 2.57. The molecule has 1 rings (SSSR count). The molecule has 0 aliphatic rings. The van der Waals surface area contributed by atoms with E-state index in [1.54, 1.807) is 0 Å². The van der Waals surface area contributed by atoms with Crippen LogP contribution in [-0.4, -0.2) is 24.2 Å². The van der Waals surface area contributed by atoms with E-state index in [0.717, 1.165) is 16.9 Å². The largest absolute Gasteiger partial charge is 0.395 e. The van der Waals surface area contributed by atoms with E-state index in [2.05, 4.69) is 31.0 Å². The van der Waals surface area contributed by atoms with Crippen molar-refractivity contribution in [2.24, 2.45) is 5.92 Å². The first-order valence-corrected chi connectivity index (χ1v) is 7.38. The van der Waals surface area contributed by atoms with Crippen molar-refractivity contribution in [2.75, 3.05) is 13.2 Å². The minimum absolute atomic E-state index is 0.0244. The Kier molecular flexibility index (Phi) is 6.61. The van der Waals surface area contributed by atoms with Gasteiger partial charge in [0.1, 0.15) is 0 Å². The van der Waals surface area contributed by atoms with E-state index in [-0.39, 0.29) is 12.5 Å². The molecule has 0 fully saturated rings. The van der Waals surface area contributed by atoms with Crippen molar-refractivity contribution in [1.29, 1.82) is 0 Å². The Balaban J connectivity index is 2.67. The smallest absolute Gasteiger partial charge is 0.261 e. The van der Waals surface area contributed by atoms with Gasteiger partial charge in [-0.1, -0.05) is 32.1 Å². The molecule has 4 heteroatoms. The minimum Gasteiger partial charge on any atom is -0.395 e. The van der Waals surface area contributed by atoms with Crippen LogP contribution >= 0.6 is 11.3 Å². The summed E-state index contributed by atoms with van der Waals surface area (Å²) >= 11 is 1.41. The molecule has 19 heavy (non-hydrogen) atoms. The Bertz CT molecular complexity index is 482. The summed E-state index contributed by atoms with van der Waals surface area (Å²) in [6.07, 6.45) is 1.52. The van der Waals surface area contributed by atoms with Crippen LogP contribution in [0.1, 0.15) is 46.8 Å². The van der Waals surface area contributed by atoms with Crippen molar-refractivity contribution in [3.8, 4) is 11.8 Å². The Morgan fingerprint density at radius 3 is 2.95 bits per heavy atom. The van der Waals surface area contributed by atoms with Crippen molar-refractivity contribution in [1.82, 2.24) is 5.32 Å². The molecule has 0 aliphatic heterocycles. The highest BCUT2D eigenvalue weighted by molar-refractivity contribution is 7.14. The molecule has 3 nitrogen and oxygen atoms in total. The molecule has 0 spiro atoms. The Labute approximate surface area is 119 Å². The van der Waals surface area contributed by atoms with Crippen molar-refractivity contribution in [3.63, 3.8) is 0 Å². The van der Waals surface area contributed by atoms with E-state index in [1.807, 2.05) is 13.0 Å². The first kappa shape index (κ1) is 15.7. The average molecular weight is 279 g/mol. The molecule has 0 saturated carbocycles. The summed E-state index contributed by atoms with van der Waals surface area (Å²) < 4.78 is 0. The SMILES string of the molecule is CCC(C)CNC(=O)c1cc(C)c(C#CCCO)s1. The molecular weight excluding hydrogens is 258 g/mol. The van der Waals surface area contributed by atoms with Crippen molar-refractivity contribution in [2.45, 2.75) is 33.6 Å². The lowest BCUT2D eigenvalue weighted by Crippen LogP contribution is -2.27. The molecule has 0 aliphatic carbocycles. The van der Waals surface area contributed by atoms with Gasteiger partial charge in [0.05, 0.1) is 16.4 Å². The maximum Gasteiger partial charge on any atom is 0.261 e. The third-order valence-corrected chi connectivity index (χ3v) is 4.04. The van der Waals surface area contributed by atoms with E-state index in [4.69, 9.17) is 5.11 Å². The average Bonchev–Trinajstić information content (AvgIpc) is 2.77. The fraction of sp³-hybridized carbons (Fsp3) is 0.533. The van der Waals surface area contributed by atoms with E-state index in [0.29, 0.717) is 23.8 Å². The van der Waals surface area contributed by atoms with Crippen LogP contribution in [0.3, 0.4) is 0 Å². The fourth-order valence-electron chi connectivity index (χ4n) is 1.42. The number of aliphatic hydroxyl groups excluding tert-OH is 1. The van der Waals surface area contributed by atoms with Crippen molar-refractivity contribution in [3.05, 3.63) is 21.4 Å². The molecule has 1 atom stereocenters. The van der Waals surface area contributed by atoms with E-state index < -0.39 is 0 Å². The van der Waals surface area contributed by atoms with Crippen LogP contribution in [-0.2, 0) is 0 Å². The van der Waals surface area contributed by atoms with E-state index in [9.17, 15) is 4.79 Å². The van der Waals surface area contributed by atoms with Gasteiger partial charge in [-0.05, 0) is 24.5 Å². The number of carbonyl (C=O) groups excluding carboxylic acids is 1. The van der Waals surface area contributed by atoms with Gasteiger partial charge in [0.25, 0.3) is 5.91 Å². The standard InChI is InChI=1S/C15H21NO2S/c1-4-11(2)10-16-15(18)14-9-12(3)13(19-14)7-5-6-8-17/h9,11,17H,4,6,8,10H2,1-3H3,(H,16,18). The molecule has 104 valence electrons. The van der Waals surface area contributed by atoms with Crippen LogP contribution in [0, 0.1) is 24.7 Å². The zero-order chi connectivity index (χ0) is 14.3. The quantitative estimate of drug-likeness (QED) is 0.814. The molecule has 1 amide bonds. The van der Waals surface area contributed by atoms with E-state index >= 15 is 0 Å². The number of thiophene rings is 1. The summed E-state index contributed by atoms with van der Waals surface area (Å²) in [5.74, 6) is 6.35. The fourth-order valence-corrected chi connectivity index (χ4v) is 2.38. The predicted molar refractivity (Wildman–Crippen MR) is 79.4 cm³/mol. The number of aryl methyl sites for hydroxylation is 1. The lowest BCUT2D eigenvalue weighted by molar-refractivity contribution is 0.0952. The summed E-state index contributed by atoms with van der Waals surface area (Å²) in [6, 6.07) is 1.87. The Hall–Kier alpha value is -1.31. The molecule has 1 heterocycles. The number of hydrogen-bond acceptors (Lipinski definition) is 3. The third kappa shape index (κ3) is 5.06. The van der Waals surface area contributed by atoms with Gasteiger partial charge in [0.2, 0.25) is 0 Å². The first-order valence-electron chi connectivity index (χ1n) is 6.56. The summed E-state index contributed by atoms with van der Waals surface area (Å²) in [4.78, 5) is 13.6. The molecule has 1 unspecified atom stereocenters. The lowest BCUT2D eigenvalue weighted by atomic mass is 10.1. The lowest BCUT2D eigenvalue weighted by Gasteiger charge is -2.08. The van der Waals surface area contributed by atoms with Gasteiger partial charge in [-0.2, -0.15) is 0 Å². The molecule has 0 saturated heterocycles. The van der Waals surface area contributed by atoms with Crippen LogP contribution in [0.2, 0.25) is 0 Å². The zero-order valence-electron chi connectivity index (χ0n) is 11.7. The van der Waals surface area contributed by atoms with Crippen LogP contribution < -0.4 is 5.32 Å². The topological polar surface area (TPSA) is 49.3 Å². The van der Waals surface area contributed by atoms with Gasteiger partial charge in [-0.3, -0.25) is 4.79 Å². The normalized spacial score (nSPS) is 11.6. The highest BCUT2D eigenvalue weighted by Crippen LogP contribution is 2.21. The Morgan fingerprint density at radius 2 is 2.32 bits per heavy atom. The maximum absolute atomic E-state index is 12.0. The molecular formula is C15H21NO2S. The number of aliphatic hydroxyl groups is 1. The van der Waals surface area contributed by atoms with Gasteiger partial charge >= 0.3 is 0 Å². The Morgan fingerprint density at radius 1 is 1.58 bits per heavy atom. The summed E-state index contributed by atoms with van der Waals surface area (Å²) in [5.41, 5.74) is 1.02. The van der Waals surface area contributed by atoms with Crippen molar-refractivity contribution >= 4 is 17.2 Å². The van der Waals surface area contributed by atoms with Gasteiger partial charge in [-0.15, -0.1) is 11.3 Å². The second-order valence-corrected chi connectivity index (χ2v) is 5.67. The molecule has 0 bridgehead atoms. The van der Waals surface area contributed by atoms with Crippen LogP contribution in [0.5, 0.6) is 0 Å². The number of amides is 1. The van der Waals surface area contributed by atoms with Crippen LogP contribution in [0.15, 0.2) is 6.07 Å². The summed E-state index contributed by atoms with van der Waals surface area (Å²) in [6.45, 7) is 6.95. The maximum atomic E-state index is 12.0. The molecule has 0 aromatic carbocycles. The highest BCUT2D eigenvalue weighted by Gasteiger charge is 2.11. The zero-order valence-corrected chi connectivity index (χ0v) is 12.6. The minimum atomic E-state index is -0.0244. The molecule has 1 aromatic heterocycles. The molecule has 0 radical (unpaired) electrons. The van der Waals surface area contributed by atoms with Crippen LogP contribution in [0.25, 0.3) is 0 Å². The van der Waals surface area contributed by atoms with Crippen molar-refractivity contribution < 1.29 is 9.90 Å². The van der Waals surface area contributed by atoms with Gasteiger partial charge < -0.3 is 10.4 Å². The molecule has 1 aromatic rings. The first-order chi connectivity index (χ1) is 9.08. The number of rotatable bonds is 5. The highest BCUT2D eigenvalue weighted by atomic mass is 32.1. The van der Waals surface area contributed by atoms with E-state index in [1.165, 1.54) is 11.3 Å². The second kappa shape index (κ2) is 7.98.